The van der Waals surface area contributed by atoms with Crippen LogP contribution in [0.2, 0.25) is 0 Å². The lowest BCUT2D eigenvalue weighted by molar-refractivity contribution is -0.227. The van der Waals surface area contributed by atoms with E-state index in [0.29, 0.717) is 0 Å². The van der Waals surface area contributed by atoms with E-state index in [1.54, 1.807) is 0 Å². The summed E-state index contributed by atoms with van der Waals surface area (Å²) in [6.45, 7) is -1.24. The second-order valence-corrected chi connectivity index (χ2v) is 4.91. The smallest absolute Gasteiger partial charge is 0.406 e. The largest absolute Gasteiger partial charge is 0.508 e. The minimum Gasteiger partial charge on any atom is -0.508 e. The van der Waals surface area contributed by atoms with Crippen molar-refractivity contribution in [3.05, 3.63) is 29.8 Å². The zero-order chi connectivity index (χ0) is 15.8. The zero-order valence-corrected chi connectivity index (χ0v) is 10.7. The van der Waals surface area contributed by atoms with Crippen molar-refractivity contribution < 1.29 is 33.0 Å². The molecular weight excluding hydrogens is 291 g/mol. The first-order valence-electron chi connectivity index (χ1n) is 6.06. The Kier molecular flexibility index (Phi) is 3.56. The molecule has 1 fully saturated rings. The van der Waals surface area contributed by atoms with Gasteiger partial charge in [0.25, 0.3) is 5.91 Å². The monoisotopic (exact) mass is 303 g/mol. The minimum absolute atomic E-state index is 0.0124. The van der Waals surface area contributed by atoms with Gasteiger partial charge in [0.2, 0.25) is 0 Å². The molecule has 1 aliphatic heterocycles. The van der Waals surface area contributed by atoms with Crippen LogP contribution in [0.1, 0.15) is 16.8 Å². The van der Waals surface area contributed by atoms with E-state index in [9.17, 15) is 27.9 Å². The topological polar surface area (TPSA) is 77.8 Å². The van der Waals surface area contributed by atoms with Gasteiger partial charge in [-0.2, -0.15) is 13.2 Å². The van der Waals surface area contributed by atoms with E-state index in [0.717, 1.165) is 11.0 Å². The van der Waals surface area contributed by atoms with Gasteiger partial charge in [0.15, 0.2) is 5.41 Å². The first kappa shape index (κ1) is 15.1. The fraction of sp³-hybridized carbons (Fsp3) is 0.385. The minimum atomic E-state index is -4.94. The fourth-order valence-electron chi connectivity index (χ4n) is 2.33. The quantitative estimate of drug-likeness (QED) is 0.874. The normalized spacial score (nSPS) is 22.3. The number of phenolic OH excluding ortho intramolecular Hbond substituents is 1. The maximum atomic E-state index is 13.0. The SMILES string of the molecule is O=C(c1cccc(O)c1)N1CCC(C(=O)O)(C(F)(F)F)C1. The molecule has 1 unspecified atom stereocenters. The summed E-state index contributed by atoms with van der Waals surface area (Å²) in [7, 11) is 0. The number of alkyl halides is 3. The van der Waals surface area contributed by atoms with Crippen molar-refractivity contribution in [3.63, 3.8) is 0 Å². The number of aliphatic carboxylic acids is 1. The summed E-state index contributed by atoms with van der Waals surface area (Å²) in [5.41, 5.74) is -2.92. The van der Waals surface area contributed by atoms with Crippen molar-refractivity contribution in [3.8, 4) is 5.75 Å². The molecule has 1 aromatic carbocycles. The molecule has 1 amide bonds. The highest BCUT2D eigenvalue weighted by Crippen LogP contribution is 2.46. The molecule has 0 saturated carbocycles. The molecule has 1 saturated heterocycles. The van der Waals surface area contributed by atoms with E-state index >= 15 is 0 Å². The van der Waals surface area contributed by atoms with E-state index in [-0.39, 0.29) is 17.9 Å². The van der Waals surface area contributed by atoms with Crippen LogP contribution in [0.4, 0.5) is 13.2 Å². The fourth-order valence-corrected chi connectivity index (χ4v) is 2.33. The molecule has 1 aliphatic rings. The van der Waals surface area contributed by atoms with Gasteiger partial charge in [-0.1, -0.05) is 6.07 Å². The Morgan fingerprint density at radius 2 is 1.95 bits per heavy atom. The predicted octanol–water partition coefficient (Wildman–Crippen LogP) is 1.87. The molecule has 0 aromatic heterocycles. The highest BCUT2D eigenvalue weighted by Gasteiger charge is 2.64. The molecular formula is C13H12F3NO4. The Morgan fingerprint density at radius 1 is 1.29 bits per heavy atom. The Morgan fingerprint density at radius 3 is 2.43 bits per heavy atom. The summed E-state index contributed by atoms with van der Waals surface area (Å²) in [6.07, 6.45) is -5.62. The Hall–Kier alpha value is -2.25. The number of phenols is 1. The number of carboxylic acids is 1. The average molecular weight is 303 g/mol. The summed E-state index contributed by atoms with van der Waals surface area (Å²) in [5.74, 6) is -2.92. The summed E-state index contributed by atoms with van der Waals surface area (Å²) < 4.78 is 39.0. The van der Waals surface area contributed by atoms with Gasteiger partial charge in [-0.15, -0.1) is 0 Å². The number of amides is 1. The van der Waals surface area contributed by atoms with E-state index in [2.05, 4.69) is 0 Å². The van der Waals surface area contributed by atoms with Crippen molar-refractivity contribution in [2.24, 2.45) is 5.41 Å². The number of benzene rings is 1. The molecule has 5 nitrogen and oxygen atoms in total. The van der Waals surface area contributed by atoms with Crippen LogP contribution in [0.5, 0.6) is 5.75 Å². The first-order chi connectivity index (χ1) is 9.67. The second-order valence-electron chi connectivity index (χ2n) is 4.91. The number of carbonyl (C=O) groups is 2. The van der Waals surface area contributed by atoms with Gasteiger partial charge in [-0.05, 0) is 24.6 Å². The molecule has 1 atom stereocenters. The Labute approximate surface area is 117 Å². The van der Waals surface area contributed by atoms with Crippen molar-refractivity contribution in [2.75, 3.05) is 13.1 Å². The van der Waals surface area contributed by atoms with Crippen LogP contribution in [0.15, 0.2) is 24.3 Å². The lowest BCUT2D eigenvalue weighted by Gasteiger charge is -2.27. The number of hydrogen-bond donors (Lipinski definition) is 2. The molecule has 2 N–H and O–H groups in total. The number of halogens is 3. The highest BCUT2D eigenvalue weighted by atomic mass is 19.4. The van der Waals surface area contributed by atoms with E-state index in [1.165, 1.54) is 18.2 Å². The Bertz CT molecular complexity index is 587. The zero-order valence-electron chi connectivity index (χ0n) is 10.7. The van der Waals surface area contributed by atoms with Crippen LogP contribution >= 0.6 is 0 Å². The molecule has 0 aliphatic carbocycles. The summed E-state index contributed by atoms with van der Waals surface area (Å²) in [4.78, 5) is 24.0. The number of rotatable bonds is 2. The van der Waals surface area contributed by atoms with Crippen LogP contribution in [-0.2, 0) is 4.79 Å². The van der Waals surface area contributed by atoms with Gasteiger partial charge in [-0.3, -0.25) is 9.59 Å². The molecule has 2 rings (SSSR count). The number of carboxylic acid groups (broad SMARTS) is 1. The van der Waals surface area contributed by atoms with Crippen LogP contribution in [0.25, 0.3) is 0 Å². The average Bonchev–Trinajstić information content (AvgIpc) is 2.83. The maximum Gasteiger partial charge on any atom is 0.406 e. The third kappa shape index (κ3) is 2.53. The van der Waals surface area contributed by atoms with Gasteiger partial charge in [-0.25, -0.2) is 0 Å². The maximum absolute atomic E-state index is 13.0. The van der Waals surface area contributed by atoms with E-state index < -0.39 is 36.4 Å². The second kappa shape index (κ2) is 4.94. The molecule has 1 heterocycles. The Balaban J connectivity index is 2.26. The molecule has 1 aromatic rings. The highest BCUT2D eigenvalue weighted by molar-refractivity contribution is 5.95. The number of likely N-dealkylation sites (tertiary alicyclic amines) is 1. The molecule has 21 heavy (non-hydrogen) atoms. The third-order valence-electron chi connectivity index (χ3n) is 3.60. The molecule has 8 heteroatoms. The molecule has 0 spiro atoms. The number of hydrogen-bond acceptors (Lipinski definition) is 3. The summed E-state index contributed by atoms with van der Waals surface area (Å²) in [6, 6.07) is 5.16. The molecule has 0 radical (unpaired) electrons. The van der Waals surface area contributed by atoms with Gasteiger partial charge < -0.3 is 15.1 Å². The van der Waals surface area contributed by atoms with Crippen molar-refractivity contribution in [2.45, 2.75) is 12.6 Å². The molecule has 0 bridgehead atoms. The van der Waals surface area contributed by atoms with E-state index in [4.69, 9.17) is 5.11 Å². The standard InChI is InChI=1S/C13H12F3NO4/c14-13(15,16)12(11(20)21)4-5-17(7-12)10(19)8-2-1-3-9(18)6-8/h1-3,6,18H,4-5,7H2,(H,20,21). The van der Waals surface area contributed by atoms with Crippen LogP contribution in [0, 0.1) is 5.41 Å². The van der Waals surface area contributed by atoms with Crippen molar-refractivity contribution >= 4 is 11.9 Å². The number of nitrogens with zero attached hydrogens (tertiary/aromatic N) is 1. The third-order valence-corrected chi connectivity index (χ3v) is 3.60. The lowest BCUT2D eigenvalue weighted by atomic mass is 9.86. The van der Waals surface area contributed by atoms with Crippen LogP contribution in [0.3, 0.4) is 0 Å². The van der Waals surface area contributed by atoms with Gasteiger partial charge in [0.1, 0.15) is 5.75 Å². The predicted molar refractivity (Wildman–Crippen MR) is 64.8 cm³/mol. The summed E-state index contributed by atoms with van der Waals surface area (Å²) in [5, 5.41) is 18.2. The van der Waals surface area contributed by atoms with Gasteiger partial charge in [0, 0.05) is 18.7 Å². The number of carbonyl (C=O) groups excluding carboxylic acids is 1. The first-order valence-corrected chi connectivity index (χ1v) is 6.06. The van der Waals surface area contributed by atoms with Crippen LogP contribution in [-0.4, -0.2) is 46.3 Å². The van der Waals surface area contributed by atoms with Gasteiger partial charge >= 0.3 is 12.1 Å². The van der Waals surface area contributed by atoms with Crippen molar-refractivity contribution in [1.82, 2.24) is 4.90 Å². The van der Waals surface area contributed by atoms with E-state index in [1.807, 2.05) is 0 Å². The van der Waals surface area contributed by atoms with Crippen LogP contribution < -0.4 is 0 Å². The number of aromatic hydroxyl groups is 1. The van der Waals surface area contributed by atoms with Gasteiger partial charge in [0.05, 0.1) is 0 Å². The lowest BCUT2D eigenvalue weighted by Crippen LogP contribution is -2.47. The molecule has 114 valence electrons. The van der Waals surface area contributed by atoms with Crippen molar-refractivity contribution in [1.29, 1.82) is 0 Å². The summed E-state index contributed by atoms with van der Waals surface area (Å²) >= 11 is 0.